The van der Waals surface area contributed by atoms with Gasteiger partial charge in [0.25, 0.3) is 0 Å². The molecule has 0 aromatic heterocycles. The molecular formula is C20H24N4O3. The van der Waals surface area contributed by atoms with Crippen molar-refractivity contribution in [2.24, 2.45) is 11.0 Å². The Morgan fingerprint density at radius 1 is 1.00 bits per heavy atom. The number of anilines is 2. The molecule has 142 valence electrons. The molecule has 0 unspecified atom stereocenters. The standard InChI is InChI=1S/C20H24N4O3/c1-16(2)15-21-24(19(25)22-17-9-5-3-6-10-17)13-14-27-20(26)23-18-11-7-4-8-12-18/h3-12,15-16H,13-14H2,1-2H3,(H,22,25)(H,23,26)/b21-15+. The van der Waals surface area contributed by atoms with Crippen LogP contribution >= 0.6 is 0 Å². The van der Waals surface area contributed by atoms with Gasteiger partial charge >= 0.3 is 12.1 Å². The average molecular weight is 368 g/mol. The number of hydrogen-bond acceptors (Lipinski definition) is 4. The summed E-state index contributed by atoms with van der Waals surface area (Å²) in [5.74, 6) is 0.180. The number of nitrogens with zero attached hydrogens (tertiary/aromatic N) is 2. The van der Waals surface area contributed by atoms with Gasteiger partial charge in [-0.2, -0.15) is 5.10 Å². The highest BCUT2D eigenvalue weighted by Gasteiger charge is 2.14. The van der Waals surface area contributed by atoms with Crippen LogP contribution in [0.3, 0.4) is 0 Å². The van der Waals surface area contributed by atoms with E-state index in [-0.39, 0.29) is 19.1 Å². The van der Waals surface area contributed by atoms with E-state index in [1.807, 2.05) is 50.2 Å². The minimum atomic E-state index is -0.586. The summed E-state index contributed by atoms with van der Waals surface area (Å²) in [6.07, 6.45) is 1.08. The predicted molar refractivity (Wildman–Crippen MR) is 107 cm³/mol. The summed E-state index contributed by atoms with van der Waals surface area (Å²) in [5, 5.41) is 10.8. The molecule has 3 amide bonds. The smallest absolute Gasteiger partial charge is 0.411 e. The summed E-state index contributed by atoms with van der Waals surface area (Å²) in [4.78, 5) is 24.3. The van der Waals surface area contributed by atoms with Gasteiger partial charge in [-0.15, -0.1) is 0 Å². The molecule has 0 radical (unpaired) electrons. The van der Waals surface area contributed by atoms with Crippen LogP contribution in [-0.4, -0.2) is 36.5 Å². The van der Waals surface area contributed by atoms with Gasteiger partial charge in [-0.1, -0.05) is 50.2 Å². The lowest BCUT2D eigenvalue weighted by Gasteiger charge is -2.18. The first kappa shape index (κ1) is 20.0. The highest BCUT2D eigenvalue weighted by molar-refractivity contribution is 5.89. The van der Waals surface area contributed by atoms with Crippen molar-refractivity contribution < 1.29 is 14.3 Å². The molecule has 7 nitrogen and oxygen atoms in total. The Kier molecular flexibility index (Phi) is 7.84. The second-order valence-corrected chi connectivity index (χ2v) is 6.05. The number of hydrazone groups is 1. The van der Waals surface area contributed by atoms with E-state index in [1.165, 1.54) is 5.01 Å². The third-order valence-electron chi connectivity index (χ3n) is 3.32. The number of rotatable bonds is 7. The van der Waals surface area contributed by atoms with Crippen molar-refractivity contribution in [2.45, 2.75) is 13.8 Å². The van der Waals surface area contributed by atoms with E-state index in [0.29, 0.717) is 11.4 Å². The molecule has 2 aromatic rings. The maximum atomic E-state index is 12.4. The van der Waals surface area contributed by atoms with Gasteiger partial charge in [0, 0.05) is 17.6 Å². The van der Waals surface area contributed by atoms with Crippen LogP contribution in [0.5, 0.6) is 0 Å². The molecule has 0 aliphatic heterocycles. The minimum absolute atomic E-state index is 0.0102. The summed E-state index contributed by atoms with van der Waals surface area (Å²) >= 11 is 0. The van der Waals surface area contributed by atoms with Gasteiger partial charge in [0.1, 0.15) is 6.61 Å². The van der Waals surface area contributed by atoms with Crippen molar-refractivity contribution in [1.82, 2.24) is 5.01 Å². The Hall–Kier alpha value is -3.35. The van der Waals surface area contributed by atoms with Gasteiger partial charge in [-0.3, -0.25) is 5.32 Å². The summed E-state index contributed by atoms with van der Waals surface area (Å²) in [6, 6.07) is 17.7. The molecule has 0 aliphatic rings. The van der Waals surface area contributed by atoms with Gasteiger partial charge in [0.15, 0.2) is 0 Å². The minimum Gasteiger partial charge on any atom is -0.447 e. The zero-order valence-corrected chi connectivity index (χ0v) is 15.5. The number of nitrogens with one attached hydrogen (secondary N) is 2. The van der Waals surface area contributed by atoms with Crippen LogP contribution in [0.15, 0.2) is 65.8 Å². The van der Waals surface area contributed by atoms with Gasteiger partial charge in [-0.25, -0.2) is 14.6 Å². The fourth-order valence-electron chi connectivity index (χ4n) is 2.04. The topological polar surface area (TPSA) is 83.0 Å². The number of carbonyl (C=O) groups is 2. The molecule has 2 aromatic carbocycles. The van der Waals surface area contributed by atoms with E-state index in [2.05, 4.69) is 15.7 Å². The summed E-state index contributed by atoms with van der Waals surface area (Å²) in [6.45, 7) is 4.06. The van der Waals surface area contributed by atoms with Crippen LogP contribution in [0.1, 0.15) is 13.8 Å². The van der Waals surface area contributed by atoms with Crippen molar-refractivity contribution in [2.75, 3.05) is 23.8 Å². The third-order valence-corrected chi connectivity index (χ3v) is 3.32. The molecule has 0 saturated heterocycles. The highest BCUT2D eigenvalue weighted by Crippen LogP contribution is 2.08. The Balaban J connectivity index is 1.88. The van der Waals surface area contributed by atoms with Crippen molar-refractivity contribution in [3.63, 3.8) is 0 Å². The summed E-state index contributed by atoms with van der Waals surface area (Å²) in [5.41, 5.74) is 1.30. The van der Waals surface area contributed by atoms with Gasteiger partial charge in [0.05, 0.1) is 6.54 Å². The number of urea groups is 1. The van der Waals surface area contributed by atoms with Crippen molar-refractivity contribution in [1.29, 1.82) is 0 Å². The number of carbonyl (C=O) groups excluding carboxylic acids is 2. The SMILES string of the molecule is CC(C)/C=N/N(CCOC(=O)Nc1ccccc1)C(=O)Nc1ccccc1. The Labute approximate surface area is 159 Å². The zero-order valence-electron chi connectivity index (χ0n) is 15.5. The lowest BCUT2D eigenvalue weighted by Crippen LogP contribution is -2.34. The van der Waals surface area contributed by atoms with E-state index >= 15 is 0 Å². The van der Waals surface area contributed by atoms with Crippen LogP contribution < -0.4 is 10.6 Å². The predicted octanol–water partition coefficient (Wildman–Crippen LogP) is 4.41. The van der Waals surface area contributed by atoms with E-state index in [4.69, 9.17) is 4.74 Å². The van der Waals surface area contributed by atoms with E-state index in [9.17, 15) is 9.59 Å². The second kappa shape index (κ2) is 10.6. The Bertz CT molecular complexity index is 748. The molecule has 7 heteroatoms. The quantitative estimate of drug-likeness (QED) is 0.561. The Morgan fingerprint density at radius 2 is 1.56 bits per heavy atom. The Morgan fingerprint density at radius 3 is 2.11 bits per heavy atom. The first-order chi connectivity index (χ1) is 13.0. The molecule has 0 heterocycles. The third kappa shape index (κ3) is 7.60. The number of benzene rings is 2. The molecule has 0 atom stereocenters. The van der Waals surface area contributed by atoms with Crippen LogP contribution in [0, 0.1) is 5.92 Å². The summed E-state index contributed by atoms with van der Waals surface area (Å²) in [7, 11) is 0. The monoisotopic (exact) mass is 368 g/mol. The average Bonchev–Trinajstić information content (AvgIpc) is 2.65. The maximum Gasteiger partial charge on any atom is 0.411 e. The molecule has 0 spiro atoms. The normalized spacial score (nSPS) is 10.6. The molecule has 2 rings (SSSR count). The van der Waals surface area contributed by atoms with E-state index in [0.717, 1.165) is 0 Å². The molecule has 0 aliphatic carbocycles. The fourth-order valence-corrected chi connectivity index (χ4v) is 2.04. The van der Waals surface area contributed by atoms with Crippen LogP contribution in [0.4, 0.5) is 21.0 Å². The maximum absolute atomic E-state index is 12.4. The first-order valence-corrected chi connectivity index (χ1v) is 8.71. The number of ether oxygens (including phenoxy) is 1. The van der Waals surface area contributed by atoms with Gasteiger partial charge in [-0.05, 0) is 30.2 Å². The molecule has 0 saturated carbocycles. The molecule has 0 fully saturated rings. The van der Waals surface area contributed by atoms with E-state index < -0.39 is 12.1 Å². The van der Waals surface area contributed by atoms with Crippen LogP contribution in [0.2, 0.25) is 0 Å². The zero-order chi connectivity index (χ0) is 19.5. The largest absolute Gasteiger partial charge is 0.447 e. The van der Waals surface area contributed by atoms with Crippen LogP contribution in [0.25, 0.3) is 0 Å². The number of hydrogen-bond donors (Lipinski definition) is 2. The van der Waals surface area contributed by atoms with Gasteiger partial charge < -0.3 is 10.1 Å². The number of para-hydroxylation sites is 2. The van der Waals surface area contributed by atoms with Crippen LogP contribution in [-0.2, 0) is 4.74 Å². The molecule has 0 bridgehead atoms. The second-order valence-electron chi connectivity index (χ2n) is 6.05. The molecule has 27 heavy (non-hydrogen) atoms. The van der Waals surface area contributed by atoms with Crippen molar-refractivity contribution in [3.8, 4) is 0 Å². The van der Waals surface area contributed by atoms with E-state index in [1.54, 1.807) is 30.5 Å². The fraction of sp³-hybridized carbons (Fsp3) is 0.250. The van der Waals surface area contributed by atoms with Crippen molar-refractivity contribution >= 4 is 29.7 Å². The highest BCUT2D eigenvalue weighted by atomic mass is 16.5. The lowest BCUT2D eigenvalue weighted by atomic mass is 10.3. The molecule has 2 N–H and O–H groups in total. The lowest BCUT2D eigenvalue weighted by molar-refractivity contribution is 0.145. The van der Waals surface area contributed by atoms with Crippen molar-refractivity contribution in [3.05, 3.63) is 60.7 Å². The number of amides is 3. The molecular weight excluding hydrogens is 344 g/mol. The summed E-state index contributed by atoms with van der Waals surface area (Å²) < 4.78 is 5.14. The first-order valence-electron chi connectivity index (χ1n) is 8.71. The van der Waals surface area contributed by atoms with Gasteiger partial charge in [0.2, 0.25) is 0 Å².